The number of carboxylic acids is 1. The van der Waals surface area contributed by atoms with E-state index in [0.29, 0.717) is 0 Å². The third-order valence-corrected chi connectivity index (χ3v) is 5.00. The van der Waals surface area contributed by atoms with Crippen molar-refractivity contribution in [2.45, 2.75) is 96.3 Å². The predicted molar refractivity (Wildman–Crippen MR) is 112 cm³/mol. The Labute approximate surface area is 160 Å². The van der Waals surface area contributed by atoms with E-state index in [1.54, 1.807) is 0 Å². The number of hydrogen-bond acceptors (Lipinski definition) is 1. The Bertz CT molecular complexity index is 478. The van der Waals surface area contributed by atoms with Crippen molar-refractivity contribution in [2.24, 2.45) is 0 Å². The van der Waals surface area contributed by atoms with Crippen LogP contribution in [-0.4, -0.2) is 11.1 Å². The molecular weight excluding hydrogens is 320 g/mol. The molecule has 2 heteroatoms. The van der Waals surface area contributed by atoms with Gasteiger partial charge in [-0.25, -0.2) is 0 Å². The molecule has 0 saturated heterocycles. The molecule has 26 heavy (non-hydrogen) atoms. The second kappa shape index (κ2) is 15.7. The molecular formula is C24H38O2. The van der Waals surface area contributed by atoms with E-state index in [1.165, 1.54) is 57.8 Å². The molecule has 0 bridgehead atoms. The van der Waals surface area contributed by atoms with Crippen molar-refractivity contribution in [1.29, 1.82) is 0 Å². The van der Waals surface area contributed by atoms with Crippen LogP contribution in [0.4, 0.5) is 0 Å². The van der Waals surface area contributed by atoms with Gasteiger partial charge in [0.05, 0.1) is 5.92 Å². The molecule has 0 saturated carbocycles. The van der Waals surface area contributed by atoms with E-state index < -0.39 is 5.97 Å². The lowest BCUT2D eigenvalue weighted by Gasteiger charge is -2.12. The second-order valence-electron chi connectivity index (χ2n) is 7.32. The summed E-state index contributed by atoms with van der Waals surface area (Å²) in [6.07, 6.45) is 20.5. The van der Waals surface area contributed by atoms with Crippen LogP contribution in [0.2, 0.25) is 0 Å². The zero-order chi connectivity index (χ0) is 18.9. The average molecular weight is 359 g/mol. The maximum atomic E-state index is 11.5. The smallest absolute Gasteiger partial charge is 0.310 e. The third kappa shape index (κ3) is 11.1. The lowest BCUT2D eigenvalue weighted by Crippen LogP contribution is -2.11. The van der Waals surface area contributed by atoms with E-state index in [2.05, 4.69) is 19.1 Å². The Hall–Kier alpha value is -1.57. The zero-order valence-electron chi connectivity index (χ0n) is 16.7. The first-order chi connectivity index (χ1) is 12.8. The Morgan fingerprint density at radius 1 is 0.846 bits per heavy atom. The van der Waals surface area contributed by atoms with E-state index >= 15 is 0 Å². The highest BCUT2D eigenvalue weighted by Crippen LogP contribution is 2.23. The normalized spacial score (nSPS) is 12.5. The van der Waals surface area contributed by atoms with Crippen LogP contribution in [0.3, 0.4) is 0 Å². The average Bonchev–Trinajstić information content (AvgIpc) is 2.65. The number of allylic oxidation sites excluding steroid dienone is 2. The minimum atomic E-state index is -0.700. The number of aliphatic carboxylic acids is 1. The highest BCUT2D eigenvalue weighted by Gasteiger charge is 2.18. The summed E-state index contributed by atoms with van der Waals surface area (Å²) in [7, 11) is 0. The number of carbonyl (C=O) groups is 1. The Kier molecular flexibility index (Phi) is 13.5. The Balaban J connectivity index is 2.00. The fraction of sp³-hybridized carbons (Fsp3) is 0.625. The third-order valence-electron chi connectivity index (χ3n) is 5.00. The molecule has 0 aliphatic carbocycles. The summed E-state index contributed by atoms with van der Waals surface area (Å²) >= 11 is 0. The number of benzene rings is 1. The van der Waals surface area contributed by atoms with Crippen molar-refractivity contribution in [1.82, 2.24) is 0 Å². The van der Waals surface area contributed by atoms with Gasteiger partial charge in [0.1, 0.15) is 0 Å². The molecule has 1 atom stereocenters. The van der Waals surface area contributed by atoms with Gasteiger partial charge < -0.3 is 5.11 Å². The van der Waals surface area contributed by atoms with Gasteiger partial charge in [-0.15, -0.1) is 0 Å². The van der Waals surface area contributed by atoms with Gasteiger partial charge in [0.2, 0.25) is 0 Å². The van der Waals surface area contributed by atoms with Crippen LogP contribution in [-0.2, 0) is 4.79 Å². The minimum Gasteiger partial charge on any atom is -0.481 e. The molecule has 0 aromatic heterocycles. The van der Waals surface area contributed by atoms with Crippen LogP contribution in [0.5, 0.6) is 0 Å². The molecule has 0 aliphatic heterocycles. The molecule has 0 spiro atoms. The highest BCUT2D eigenvalue weighted by atomic mass is 16.4. The zero-order valence-corrected chi connectivity index (χ0v) is 16.7. The largest absolute Gasteiger partial charge is 0.481 e. The number of unbranched alkanes of at least 4 members (excludes halogenated alkanes) is 10. The predicted octanol–water partition coefficient (Wildman–Crippen LogP) is 7.50. The van der Waals surface area contributed by atoms with Crippen LogP contribution >= 0.6 is 0 Å². The van der Waals surface area contributed by atoms with E-state index in [9.17, 15) is 9.90 Å². The van der Waals surface area contributed by atoms with Crippen molar-refractivity contribution >= 4 is 5.97 Å². The van der Waals surface area contributed by atoms with Crippen molar-refractivity contribution in [3.05, 3.63) is 48.0 Å². The number of hydrogen-bond donors (Lipinski definition) is 1. The van der Waals surface area contributed by atoms with Crippen molar-refractivity contribution in [3.8, 4) is 0 Å². The maximum absolute atomic E-state index is 11.5. The molecule has 1 aromatic carbocycles. The molecule has 0 radical (unpaired) electrons. The summed E-state index contributed by atoms with van der Waals surface area (Å²) in [6.45, 7) is 2.26. The Morgan fingerprint density at radius 2 is 1.38 bits per heavy atom. The summed E-state index contributed by atoms with van der Waals surface area (Å²) in [4.78, 5) is 11.5. The second-order valence-corrected chi connectivity index (χ2v) is 7.32. The molecule has 0 aliphatic rings. The molecule has 0 heterocycles. The summed E-state index contributed by atoms with van der Waals surface area (Å²) in [5, 5.41) is 9.42. The van der Waals surface area contributed by atoms with Gasteiger partial charge in [0, 0.05) is 0 Å². The van der Waals surface area contributed by atoms with Gasteiger partial charge in [-0.1, -0.05) is 101 Å². The van der Waals surface area contributed by atoms with Gasteiger partial charge in [0.15, 0.2) is 0 Å². The van der Waals surface area contributed by atoms with Gasteiger partial charge in [0.25, 0.3) is 0 Å². The lowest BCUT2D eigenvalue weighted by molar-refractivity contribution is -0.139. The van der Waals surface area contributed by atoms with E-state index in [1.807, 2.05) is 30.3 Å². The monoisotopic (exact) mass is 358 g/mol. The SMILES string of the molecule is CCCCCCCCC=CCCCCCCC(C(=O)O)c1ccccc1. The molecule has 1 N–H and O–H groups in total. The fourth-order valence-electron chi connectivity index (χ4n) is 3.36. The first-order valence-electron chi connectivity index (χ1n) is 10.7. The quantitative estimate of drug-likeness (QED) is 0.245. The summed E-state index contributed by atoms with van der Waals surface area (Å²) in [5.74, 6) is -1.05. The molecule has 0 fully saturated rings. The topological polar surface area (TPSA) is 37.3 Å². The lowest BCUT2D eigenvalue weighted by atomic mass is 9.93. The van der Waals surface area contributed by atoms with Gasteiger partial charge >= 0.3 is 5.97 Å². The van der Waals surface area contributed by atoms with E-state index in [4.69, 9.17) is 0 Å². The van der Waals surface area contributed by atoms with Gasteiger partial charge in [-0.2, -0.15) is 0 Å². The molecule has 1 aromatic rings. The van der Waals surface area contributed by atoms with Crippen LogP contribution in [0.25, 0.3) is 0 Å². The minimum absolute atomic E-state index is 0.353. The van der Waals surface area contributed by atoms with Crippen LogP contribution in [0, 0.1) is 0 Å². The van der Waals surface area contributed by atoms with Crippen LogP contribution < -0.4 is 0 Å². The van der Waals surface area contributed by atoms with Crippen molar-refractivity contribution < 1.29 is 9.90 Å². The summed E-state index contributed by atoms with van der Waals surface area (Å²) < 4.78 is 0. The first-order valence-corrected chi connectivity index (χ1v) is 10.7. The van der Waals surface area contributed by atoms with Gasteiger partial charge in [-0.3, -0.25) is 4.79 Å². The first kappa shape index (κ1) is 22.5. The van der Waals surface area contributed by atoms with Crippen LogP contribution in [0.1, 0.15) is 102 Å². The summed E-state index contributed by atoms with van der Waals surface area (Å²) in [5.41, 5.74) is 0.928. The number of carboxylic acid groups (broad SMARTS) is 1. The van der Waals surface area contributed by atoms with E-state index in [0.717, 1.165) is 31.2 Å². The maximum Gasteiger partial charge on any atom is 0.310 e. The fourth-order valence-corrected chi connectivity index (χ4v) is 3.36. The van der Waals surface area contributed by atoms with Crippen molar-refractivity contribution in [2.75, 3.05) is 0 Å². The molecule has 1 rings (SSSR count). The Morgan fingerprint density at radius 3 is 1.96 bits per heavy atom. The van der Waals surface area contributed by atoms with Crippen LogP contribution in [0.15, 0.2) is 42.5 Å². The molecule has 1 unspecified atom stereocenters. The van der Waals surface area contributed by atoms with E-state index in [-0.39, 0.29) is 5.92 Å². The van der Waals surface area contributed by atoms with Crippen molar-refractivity contribution in [3.63, 3.8) is 0 Å². The summed E-state index contributed by atoms with van der Waals surface area (Å²) in [6, 6.07) is 9.62. The highest BCUT2D eigenvalue weighted by molar-refractivity contribution is 5.75. The molecule has 2 nitrogen and oxygen atoms in total. The number of rotatable bonds is 16. The van der Waals surface area contributed by atoms with Gasteiger partial charge in [-0.05, 0) is 37.7 Å². The molecule has 0 amide bonds. The standard InChI is InChI=1S/C24H38O2/c1-2-3-4-5-6-7-8-9-10-11-12-13-14-18-21-23(24(25)26)22-19-16-15-17-20-22/h9-10,15-17,19-20,23H,2-8,11-14,18,21H2,1H3,(H,25,26). The molecule has 146 valence electrons.